The van der Waals surface area contributed by atoms with Crippen molar-refractivity contribution >= 4 is 22.5 Å². The molecule has 0 spiro atoms. The van der Waals surface area contributed by atoms with E-state index in [0.717, 1.165) is 12.8 Å². The summed E-state index contributed by atoms with van der Waals surface area (Å²) in [6, 6.07) is -0.0905. The Kier molecular flexibility index (Phi) is 5.21. The van der Waals surface area contributed by atoms with Crippen molar-refractivity contribution in [1.82, 2.24) is 9.88 Å². The van der Waals surface area contributed by atoms with Crippen LogP contribution in [0.15, 0.2) is 6.20 Å². The van der Waals surface area contributed by atoms with Gasteiger partial charge in [-0.1, -0.05) is 19.3 Å². The molecule has 0 aromatic carbocycles. The predicted octanol–water partition coefficient (Wildman–Crippen LogP) is 3.96. The summed E-state index contributed by atoms with van der Waals surface area (Å²) in [5.74, 6) is 0.625. The Morgan fingerprint density at radius 2 is 2.09 bits per heavy atom. The number of aliphatic hydroxyl groups is 1. The van der Waals surface area contributed by atoms with Gasteiger partial charge < -0.3 is 10.0 Å². The van der Waals surface area contributed by atoms with E-state index >= 15 is 0 Å². The van der Waals surface area contributed by atoms with Crippen LogP contribution in [0.1, 0.15) is 69.1 Å². The number of aromatic nitrogens is 1. The number of amides is 2. The van der Waals surface area contributed by atoms with Crippen molar-refractivity contribution in [3.8, 4) is 0 Å². The van der Waals surface area contributed by atoms with Crippen LogP contribution >= 0.6 is 11.3 Å². The molecule has 1 aliphatic heterocycles. The first-order valence-corrected chi connectivity index (χ1v) is 9.59. The van der Waals surface area contributed by atoms with E-state index in [-0.39, 0.29) is 6.03 Å². The van der Waals surface area contributed by atoms with Crippen LogP contribution in [-0.2, 0) is 0 Å². The van der Waals surface area contributed by atoms with Gasteiger partial charge in [0.15, 0.2) is 5.13 Å². The van der Waals surface area contributed by atoms with Crippen LogP contribution in [0.25, 0.3) is 0 Å². The molecule has 0 radical (unpaired) electrons. The number of thiazole rings is 1. The number of hydrogen-bond donors (Lipinski definition) is 2. The van der Waals surface area contributed by atoms with Crippen LogP contribution in [0.5, 0.6) is 0 Å². The average molecular weight is 337 g/mol. The predicted molar refractivity (Wildman–Crippen MR) is 93.0 cm³/mol. The third-order valence-corrected chi connectivity index (χ3v) is 6.17. The van der Waals surface area contributed by atoms with Crippen molar-refractivity contribution in [2.24, 2.45) is 0 Å². The van der Waals surface area contributed by atoms with E-state index in [1.807, 2.05) is 13.1 Å². The minimum absolute atomic E-state index is 0.0905. The summed E-state index contributed by atoms with van der Waals surface area (Å²) < 4.78 is 0. The SMILES string of the molecule is C[C@@]1(O)CCCN(C(=O)Nc2ncc(C3CCCCC3)s2)CC1. The fourth-order valence-corrected chi connectivity index (χ4v) is 4.53. The molecule has 1 saturated heterocycles. The van der Waals surface area contributed by atoms with Crippen molar-refractivity contribution in [2.45, 2.75) is 69.8 Å². The van der Waals surface area contributed by atoms with Gasteiger partial charge in [-0.05, 0) is 44.9 Å². The summed E-state index contributed by atoms with van der Waals surface area (Å²) in [5.41, 5.74) is -0.648. The summed E-state index contributed by atoms with van der Waals surface area (Å²) in [4.78, 5) is 19.9. The number of rotatable bonds is 2. The number of anilines is 1. The highest BCUT2D eigenvalue weighted by molar-refractivity contribution is 7.15. The number of urea groups is 1. The molecule has 1 aliphatic carbocycles. The molecule has 128 valence electrons. The Morgan fingerprint density at radius 3 is 2.87 bits per heavy atom. The first kappa shape index (κ1) is 16.7. The Balaban J connectivity index is 1.56. The van der Waals surface area contributed by atoms with Crippen molar-refractivity contribution < 1.29 is 9.90 Å². The van der Waals surface area contributed by atoms with Gasteiger partial charge in [-0.15, -0.1) is 11.3 Å². The first-order valence-electron chi connectivity index (χ1n) is 8.77. The summed E-state index contributed by atoms with van der Waals surface area (Å²) in [5, 5.41) is 13.8. The van der Waals surface area contributed by atoms with Crippen LogP contribution in [0.2, 0.25) is 0 Å². The van der Waals surface area contributed by atoms with Gasteiger partial charge >= 0.3 is 6.03 Å². The van der Waals surface area contributed by atoms with Gasteiger partial charge in [0.1, 0.15) is 0 Å². The van der Waals surface area contributed by atoms with Crippen LogP contribution < -0.4 is 5.32 Å². The van der Waals surface area contributed by atoms with E-state index in [1.165, 1.54) is 37.0 Å². The Morgan fingerprint density at radius 1 is 1.30 bits per heavy atom. The lowest BCUT2D eigenvalue weighted by Crippen LogP contribution is -2.36. The van der Waals surface area contributed by atoms with Crippen molar-refractivity contribution in [2.75, 3.05) is 18.4 Å². The number of nitrogens with zero attached hydrogens (tertiary/aromatic N) is 2. The van der Waals surface area contributed by atoms with E-state index in [4.69, 9.17) is 0 Å². The van der Waals surface area contributed by atoms with Gasteiger partial charge in [-0.2, -0.15) is 0 Å². The molecule has 1 aromatic rings. The van der Waals surface area contributed by atoms with Crippen LogP contribution in [-0.4, -0.2) is 39.7 Å². The number of carbonyl (C=O) groups excluding carboxylic acids is 1. The van der Waals surface area contributed by atoms with Gasteiger partial charge in [0.25, 0.3) is 0 Å². The summed E-state index contributed by atoms with van der Waals surface area (Å²) in [7, 11) is 0. The quantitative estimate of drug-likeness (QED) is 0.858. The van der Waals surface area contributed by atoms with Gasteiger partial charge in [0.2, 0.25) is 0 Å². The minimum Gasteiger partial charge on any atom is -0.390 e. The second-order valence-corrected chi connectivity index (χ2v) is 8.23. The Labute approximate surface area is 142 Å². The zero-order valence-corrected chi connectivity index (χ0v) is 14.7. The number of carbonyl (C=O) groups is 1. The number of likely N-dealkylation sites (tertiary alicyclic amines) is 1. The Hall–Kier alpha value is -1.14. The molecule has 1 saturated carbocycles. The molecule has 2 amide bonds. The van der Waals surface area contributed by atoms with E-state index in [0.29, 0.717) is 30.6 Å². The summed E-state index contributed by atoms with van der Waals surface area (Å²) in [6.45, 7) is 3.15. The third kappa shape index (κ3) is 4.44. The molecule has 1 atom stereocenters. The second kappa shape index (κ2) is 7.18. The fourth-order valence-electron chi connectivity index (χ4n) is 3.56. The summed E-state index contributed by atoms with van der Waals surface area (Å²) >= 11 is 1.62. The molecule has 2 fully saturated rings. The molecular weight excluding hydrogens is 310 g/mol. The van der Waals surface area contributed by atoms with Crippen LogP contribution in [0, 0.1) is 0 Å². The molecule has 0 unspecified atom stereocenters. The van der Waals surface area contributed by atoms with Gasteiger partial charge in [-0.3, -0.25) is 5.32 Å². The maximum atomic E-state index is 12.4. The highest BCUT2D eigenvalue weighted by Gasteiger charge is 2.27. The van der Waals surface area contributed by atoms with Gasteiger partial charge in [-0.25, -0.2) is 9.78 Å². The summed E-state index contributed by atoms with van der Waals surface area (Å²) in [6.07, 6.45) is 10.6. The molecule has 5 nitrogen and oxygen atoms in total. The monoisotopic (exact) mass is 337 g/mol. The topological polar surface area (TPSA) is 65.5 Å². The molecular formula is C17H27N3O2S. The zero-order valence-electron chi connectivity index (χ0n) is 13.9. The molecule has 0 bridgehead atoms. The van der Waals surface area contributed by atoms with E-state index in [9.17, 15) is 9.90 Å². The van der Waals surface area contributed by atoms with Crippen molar-refractivity contribution in [3.63, 3.8) is 0 Å². The van der Waals surface area contributed by atoms with E-state index in [2.05, 4.69) is 10.3 Å². The van der Waals surface area contributed by atoms with Gasteiger partial charge in [0.05, 0.1) is 5.60 Å². The standard InChI is InChI=1S/C17H27N3O2S/c1-17(22)8-5-10-20(11-9-17)16(21)19-15-18-12-14(23-15)13-6-3-2-4-7-13/h12-13,22H,2-11H2,1H3,(H,18,19,21)/t17-/m1/s1. The molecule has 3 rings (SSSR count). The maximum absolute atomic E-state index is 12.4. The Bertz CT molecular complexity index is 538. The van der Waals surface area contributed by atoms with Gasteiger partial charge in [0, 0.05) is 24.2 Å². The lowest BCUT2D eigenvalue weighted by Gasteiger charge is -2.22. The smallest absolute Gasteiger partial charge is 0.323 e. The highest BCUT2D eigenvalue weighted by atomic mass is 32.1. The second-order valence-electron chi connectivity index (χ2n) is 7.17. The molecule has 2 aliphatic rings. The molecule has 6 heteroatoms. The first-order chi connectivity index (χ1) is 11.0. The maximum Gasteiger partial charge on any atom is 0.323 e. The number of hydrogen-bond acceptors (Lipinski definition) is 4. The molecule has 23 heavy (non-hydrogen) atoms. The lowest BCUT2D eigenvalue weighted by molar-refractivity contribution is 0.0458. The minimum atomic E-state index is -0.648. The van der Waals surface area contributed by atoms with Crippen LogP contribution in [0.3, 0.4) is 0 Å². The molecule has 2 N–H and O–H groups in total. The van der Waals surface area contributed by atoms with Crippen LogP contribution in [0.4, 0.5) is 9.93 Å². The lowest BCUT2D eigenvalue weighted by atomic mass is 9.89. The van der Waals surface area contributed by atoms with Crippen molar-refractivity contribution in [3.05, 3.63) is 11.1 Å². The normalized spacial score (nSPS) is 26.8. The highest BCUT2D eigenvalue weighted by Crippen LogP contribution is 2.36. The van der Waals surface area contributed by atoms with Crippen molar-refractivity contribution in [1.29, 1.82) is 0 Å². The molecule has 1 aromatic heterocycles. The van der Waals surface area contributed by atoms with E-state index < -0.39 is 5.60 Å². The fraction of sp³-hybridized carbons (Fsp3) is 0.765. The largest absolute Gasteiger partial charge is 0.390 e. The van der Waals surface area contributed by atoms with E-state index in [1.54, 1.807) is 16.2 Å². The average Bonchev–Trinajstić information content (AvgIpc) is 2.91. The number of nitrogens with one attached hydrogen (secondary N) is 1. The third-order valence-electron chi connectivity index (χ3n) is 5.10. The molecule has 2 heterocycles. The zero-order chi connectivity index (χ0) is 16.3.